The molecule has 0 saturated heterocycles. The zero-order valence-corrected chi connectivity index (χ0v) is 17.6. The van der Waals surface area contributed by atoms with Crippen molar-refractivity contribution in [1.82, 2.24) is 4.90 Å². The summed E-state index contributed by atoms with van der Waals surface area (Å²) in [5, 5.41) is 17.9. The van der Waals surface area contributed by atoms with E-state index in [1.807, 2.05) is 4.90 Å². The summed E-state index contributed by atoms with van der Waals surface area (Å²) >= 11 is 0. The highest BCUT2D eigenvalue weighted by molar-refractivity contribution is 4.55. The Balaban J connectivity index is 3.13. The van der Waals surface area contributed by atoms with Crippen LogP contribution < -0.4 is 0 Å². The summed E-state index contributed by atoms with van der Waals surface area (Å²) in [4.78, 5) is 2.03. The minimum absolute atomic E-state index is 0.138. The van der Waals surface area contributed by atoms with Crippen LogP contribution in [0.4, 0.5) is 0 Å². The van der Waals surface area contributed by atoms with Crippen molar-refractivity contribution in [2.45, 2.75) is 96.8 Å². The first-order valence-corrected chi connectivity index (χ1v) is 11.4. The van der Waals surface area contributed by atoms with Crippen LogP contribution >= 0.6 is 0 Å². The van der Waals surface area contributed by atoms with Gasteiger partial charge in [0.1, 0.15) is 0 Å². The van der Waals surface area contributed by atoms with Crippen molar-refractivity contribution in [3.8, 4) is 0 Å². The molecule has 158 valence electrons. The standard InChI is InChI=1S/C22H47NO3/c1-2-3-4-5-6-7-8-9-10-11-12-13-14-15-21-26-22-18-23(16-19-24)17-20-25/h24-25H,2-22H2,1H3. The number of nitrogens with zero attached hydrogens (tertiary/aromatic N) is 1. The predicted octanol–water partition coefficient (Wildman–Crippen LogP) is 4.77. The van der Waals surface area contributed by atoms with Crippen molar-refractivity contribution in [1.29, 1.82) is 0 Å². The Labute approximate surface area is 163 Å². The quantitative estimate of drug-likeness (QED) is 0.268. The lowest BCUT2D eigenvalue weighted by Gasteiger charge is -2.19. The highest BCUT2D eigenvalue weighted by atomic mass is 16.5. The molecule has 0 rings (SSSR count). The van der Waals surface area contributed by atoms with Gasteiger partial charge < -0.3 is 14.9 Å². The van der Waals surface area contributed by atoms with E-state index in [0.29, 0.717) is 19.7 Å². The lowest BCUT2D eigenvalue weighted by molar-refractivity contribution is 0.0849. The second-order valence-electron chi connectivity index (χ2n) is 7.50. The van der Waals surface area contributed by atoms with Crippen LogP contribution in [0.3, 0.4) is 0 Å². The topological polar surface area (TPSA) is 52.9 Å². The number of rotatable bonds is 22. The van der Waals surface area contributed by atoms with Gasteiger partial charge in [0.25, 0.3) is 0 Å². The molecule has 4 nitrogen and oxygen atoms in total. The SMILES string of the molecule is CCCCCCCCCCCCCCCCOCCN(CCO)CCO. The number of hydrogen-bond acceptors (Lipinski definition) is 4. The molecule has 0 amide bonds. The Hall–Kier alpha value is -0.160. The summed E-state index contributed by atoms with van der Waals surface area (Å²) in [6.07, 6.45) is 19.3. The maximum absolute atomic E-state index is 8.94. The van der Waals surface area contributed by atoms with Gasteiger partial charge in [0, 0.05) is 26.2 Å². The third-order valence-corrected chi connectivity index (χ3v) is 5.03. The molecule has 0 radical (unpaired) electrons. The minimum atomic E-state index is 0.138. The van der Waals surface area contributed by atoms with E-state index in [1.165, 1.54) is 83.5 Å². The fraction of sp³-hybridized carbons (Fsp3) is 1.00. The number of aliphatic hydroxyl groups is 2. The Morgan fingerprint density at radius 3 is 1.38 bits per heavy atom. The molecule has 0 aromatic rings. The highest BCUT2D eigenvalue weighted by Crippen LogP contribution is 2.12. The van der Waals surface area contributed by atoms with Gasteiger partial charge in [-0.15, -0.1) is 0 Å². The second-order valence-corrected chi connectivity index (χ2v) is 7.50. The maximum atomic E-state index is 8.94. The number of ether oxygens (including phenoxy) is 1. The fourth-order valence-electron chi connectivity index (χ4n) is 3.31. The van der Waals surface area contributed by atoms with E-state index in [9.17, 15) is 0 Å². The van der Waals surface area contributed by atoms with Gasteiger partial charge in [-0.3, -0.25) is 4.90 Å². The Bertz CT molecular complexity index is 246. The zero-order chi connectivity index (χ0) is 19.1. The van der Waals surface area contributed by atoms with E-state index in [0.717, 1.165) is 19.6 Å². The normalized spacial score (nSPS) is 11.5. The van der Waals surface area contributed by atoms with Crippen LogP contribution in [-0.2, 0) is 4.74 Å². The minimum Gasteiger partial charge on any atom is -0.395 e. The van der Waals surface area contributed by atoms with Crippen LogP contribution in [0, 0.1) is 0 Å². The van der Waals surface area contributed by atoms with Crippen molar-refractivity contribution >= 4 is 0 Å². The van der Waals surface area contributed by atoms with Crippen molar-refractivity contribution in [3.05, 3.63) is 0 Å². The van der Waals surface area contributed by atoms with Crippen molar-refractivity contribution in [2.75, 3.05) is 46.1 Å². The molecule has 0 bridgehead atoms. The van der Waals surface area contributed by atoms with Crippen molar-refractivity contribution in [2.24, 2.45) is 0 Å². The van der Waals surface area contributed by atoms with Gasteiger partial charge in [0.15, 0.2) is 0 Å². The molecule has 0 aliphatic heterocycles. The molecule has 0 aliphatic carbocycles. The summed E-state index contributed by atoms with van der Waals surface area (Å²) in [6.45, 7) is 6.10. The molecule has 0 spiro atoms. The maximum Gasteiger partial charge on any atom is 0.0593 e. The van der Waals surface area contributed by atoms with E-state index in [4.69, 9.17) is 14.9 Å². The molecule has 0 unspecified atom stereocenters. The molecule has 0 aromatic heterocycles. The summed E-state index contributed by atoms with van der Waals surface area (Å²) in [7, 11) is 0. The van der Waals surface area contributed by atoms with Gasteiger partial charge in [-0.2, -0.15) is 0 Å². The molecule has 26 heavy (non-hydrogen) atoms. The molecule has 0 heterocycles. The third-order valence-electron chi connectivity index (χ3n) is 5.03. The molecular weight excluding hydrogens is 326 g/mol. The van der Waals surface area contributed by atoms with E-state index in [1.54, 1.807) is 0 Å². The third kappa shape index (κ3) is 20.2. The van der Waals surface area contributed by atoms with Gasteiger partial charge >= 0.3 is 0 Å². The first-order chi connectivity index (χ1) is 12.8. The lowest BCUT2D eigenvalue weighted by Crippen LogP contribution is -2.33. The van der Waals surface area contributed by atoms with E-state index in [2.05, 4.69) is 6.92 Å². The molecular formula is C22H47NO3. The van der Waals surface area contributed by atoms with E-state index >= 15 is 0 Å². The van der Waals surface area contributed by atoms with Gasteiger partial charge in [0.05, 0.1) is 19.8 Å². The summed E-state index contributed by atoms with van der Waals surface area (Å²) in [6, 6.07) is 0. The first-order valence-electron chi connectivity index (χ1n) is 11.4. The van der Waals surface area contributed by atoms with Crippen LogP contribution in [0.25, 0.3) is 0 Å². The van der Waals surface area contributed by atoms with Crippen LogP contribution in [-0.4, -0.2) is 61.2 Å². The summed E-state index contributed by atoms with van der Waals surface area (Å²) in [5.74, 6) is 0. The summed E-state index contributed by atoms with van der Waals surface area (Å²) in [5.41, 5.74) is 0. The zero-order valence-electron chi connectivity index (χ0n) is 17.6. The molecule has 0 atom stereocenters. The predicted molar refractivity (Wildman–Crippen MR) is 112 cm³/mol. The van der Waals surface area contributed by atoms with E-state index < -0.39 is 0 Å². The first kappa shape index (κ1) is 25.8. The summed E-state index contributed by atoms with van der Waals surface area (Å²) < 4.78 is 5.66. The molecule has 0 fully saturated rings. The second kappa shape index (κ2) is 22.9. The van der Waals surface area contributed by atoms with Crippen molar-refractivity contribution < 1.29 is 14.9 Å². The number of hydrogen-bond donors (Lipinski definition) is 2. The van der Waals surface area contributed by atoms with Crippen LogP contribution in [0.15, 0.2) is 0 Å². The molecule has 4 heteroatoms. The average Bonchev–Trinajstić information content (AvgIpc) is 2.64. The van der Waals surface area contributed by atoms with Gasteiger partial charge in [-0.1, -0.05) is 90.4 Å². The monoisotopic (exact) mass is 373 g/mol. The van der Waals surface area contributed by atoms with Crippen LogP contribution in [0.1, 0.15) is 96.8 Å². The molecule has 2 N–H and O–H groups in total. The fourth-order valence-corrected chi connectivity index (χ4v) is 3.31. The van der Waals surface area contributed by atoms with Gasteiger partial charge in [-0.25, -0.2) is 0 Å². The van der Waals surface area contributed by atoms with Gasteiger partial charge in [-0.05, 0) is 6.42 Å². The molecule has 0 aliphatic rings. The molecule has 0 saturated carbocycles. The Morgan fingerprint density at radius 1 is 0.538 bits per heavy atom. The average molecular weight is 374 g/mol. The number of aliphatic hydroxyl groups excluding tert-OH is 2. The Morgan fingerprint density at radius 2 is 0.962 bits per heavy atom. The molecule has 0 aromatic carbocycles. The van der Waals surface area contributed by atoms with Crippen LogP contribution in [0.2, 0.25) is 0 Å². The Kier molecular flexibility index (Phi) is 22.7. The number of unbranched alkanes of at least 4 members (excludes halogenated alkanes) is 13. The highest BCUT2D eigenvalue weighted by Gasteiger charge is 2.02. The largest absolute Gasteiger partial charge is 0.395 e. The van der Waals surface area contributed by atoms with Gasteiger partial charge in [0.2, 0.25) is 0 Å². The smallest absolute Gasteiger partial charge is 0.0593 e. The lowest BCUT2D eigenvalue weighted by atomic mass is 10.0. The van der Waals surface area contributed by atoms with Crippen molar-refractivity contribution in [3.63, 3.8) is 0 Å². The van der Waals surface area contributed by atoms with Crippen LogP contribution in [0.5, 0.6) is 0 Å². The van der Waals surface area contributed by atoms with E-state index in [-0.39, 0.29) is 13.2 Å².